The molecule has 0 heterocycles. The molecule has 0 bridgehead atoms. The predicted molar refractivity (Wildman–Crippen MR) is 73.9 cm³/mol. The van der Waals surface area contributed by atoms with E-state index in [2.05, 4.69) is 13.8 Å². The van der Waals surface area contributed by atoms with E-state index in [0.717, 1.165) is 11.4 Å². The van der Waals surface area contributed by atoms with Crippen LogP contribution in [0.1, 0.15) is 20.8 Å². The molecular formula is C14H22N2O2. The van der Waals surface area contributed by atoms with Gasteiger partial charge in [-0.05, 0) is 37.1 Å². The SMILES string of the molecule is CCOc1ccc(N(CC(C)C)C(=O)CN)cc1. The number of ether oxygens (including phenoxy) is 1. The van der Waals surface area contributed by atoms with Crippen molar-refractivity contribution in [3.63, 3.8) is 0 Å². The normalized spacial score (nSPS) is 10.5. The molecule has 0 aliphatic carbocycles. The maximum absolute atomic E-state index is 11.8. The zero-order chi connectivity index (χ0) is 13.5. The molecule has 4 heteroatoms. The van der Waals surface area contributed by atoms with E-state index in [1.807, 2.05) is 31.2 Å². The highest BCUT2D eigenvalue weighted by Crippen LogP contribution is 2.20. The Morgan fingerprint density at radius 3 is 2.39 bits per heavy atom. The van der Waals surface area contributed by atoms with Crippen LogP contribution in [0.25, 0.3) is 0 Å². The molecule has 0 aliphatic heterocycles. The zero-order valence-corrected chi connectivity index (χ0v) is 11.3. The van der Waals surface area contributed by atoms with Crippen molar-refractivity contribution in [3.05, 3.63) is 24.3 Å². The zero-order valence-electron chi connectivity index (χ0n) is 11.3. The Kier molecular flexibility index (Phi) is 5.65. The molecule has 0 saturated heterocycles. The number of hydrogen-bond acceptors (Lipinski definition) is 3. The number of rotatable bonds is 6. The average molecular weight is 250 g/mol. The van der Waals surface area contributed by atoms with Gasteiger partial charge in [-0.1, -0.05) is 13.8 Å². The molecule has 0 aromatic heterocycles. The van der Waals surface area contributed by atoms with E-state index in [-0.39, 0.29) is 12.5 Å². The van der Waals surface area contributed by atoms with Crippen molar-refractivity contribution in [1.29, 1.82) is 0 Å². The topological polar surface area (TPSA) is 55.6 Å². The first kappa shape index (κ1) is 14.5. The van der Waals surface area contributed by atoms with Crippen LogP contribution in [0.5, 0.6) is 5.75 Å². The molecule has 100 valence electrons. The van der Waals surface area contributed by atoms with Gasteiger partial charge < -0.3 is 15.4 Å². The monoisotopic (exact) mass is 250 g/mol. The van der Waals surface area contributed by atoms with Gasteiger partial charge in [-0.25, -0.2) is 0 Å². The van der Waals surface area contributed by atoms with Gasteiger partial charge in [0.05, 0.1) is 13.2 Å². The minimum Gasteiger partial charge on any atom is -0.494 e. The van der Waals surface area contributed by atoms with Crippen LogP contribution in [-0.4, -0.2) is 25.6 Å². The fraction of sp³-hybridized carbons (Fsp3) is 0.500. The minimum absolute atomic E-state index is 0.0277. The van der Waals surface area contributed by atoms with Gasteiger partial charge in [-0.2, -0.15) is 0 Å². The largest absolute Gasteiger partial charge is 0.494 e. The molecule has 2 N–H and O–H groups in total. The molecule has 0 radical (unpaired) electrons. The number of nitrogens with two attached hydrogens (primary N) is 1. The van der Waals surface area contributed by atoms with Crippen molar-refractivity contribution in [2.45, 2.75) is 20.8 Å². The third kappa shape index (κ3) is 4.04. The molecule has 1 rings (SSSR count). The Morgan fingerprint density at radius 2 is 1.94 bits per heavy atom. The second kappa shape index (κ2) is 7.01. The lowest BCUT2D eigenvalue weighted by molar-refractivity contribution is -0.117. The lowest BCUT2D eigenvalue weighted by atomic mass is 10.2. The highest BCUT2D eigenvalue weighted by atomic mass is 16.5. The van der Waals surface area contributed by atoms with Crippen molar-refractivity contribution >= 4 is 11.6 Å². The van der Waals surface area contributed by atoms with E-state index in [9.17, 15) is 4.79 Å². The predicted octanol–water partition coefficient (Wildman–Crippen LogP) is 2.03. The van der Waals surface area contributed by atoms with Crippen LogP contribution in [0, 0.1) is 5.92 Å². The van der Waals surface area contributed by atoms with Crippen LogP contribution in [0.15, 0.2) is 24.3 Å². The molecule has 0 saturated carbocycles. The summed E-state index contributed by atoms with van der Waals surface area (Å²) in [7, 11) is 0. The summed E-state index contributed by atoms with van der Waals surface area (Å²) >= 11 is 0. The fourth-order valence-corrected chi connectivity index (χ4v) is 1.72. The van der Waals surface area contributed by atoms with Crippen LogP contribution >= 0.6 is 0 Å². The van der Waals surface area contributed by atoms with Crippen LogP contribution in [0.4, 0.5) is 5.69 Å². The van der Waals surface area contributed by atoms with Gasteiger partial charge in [0.15, 0.2) is 0 Å². The van der Waals surface area contributed by atoms with Crippen LogP contribution in [0.3, 0.4) is 0 Å². The Labute approximate surface area is 109 Å². The standard InChI is InChI=1S/C14H22N2O2/c1-4-18-13-7-5-12(6-8-13)16(10-11(2)3)14(17)9-15/h5-8,11H,4,9-10,15H2,1-3H3. The molecule has 0 atom stereocenters. The summed E-state index contributed by atoms with van der Waals surface area (Å²) < 4.78 is 5.38. The number of carbonyl (C=O) groups excluding carboxylic acids is 1. The Bertz CT molecular complexity index is 374. The first-order valence-electron chi connectivity index (χ1n) is 6.31. The molecule has 4 nitrogen and oxygen atoms in total. The summed E-state index contributed by atoms with van der Waals surface area (Å²) in [5, 5.41) is 0. The van der Waals surface area contributed by atoms with Crippen LogP contribution < -0.4 is 15.4 Å². The Morgan fingerprint density at radius 1 is 1.33 bits per heavy atom. The summed E-state index contributed by atoms with van der Waals surface area (Å²) in [6.45, 7) is 7.42. The number of hydrogen-bond donors (Lipinski definition) is 1. The maximum atomic E-state index is 11.8. The number of amides is 1. The average Bonchev–Trinajstić information content (AvgIpc) is 2.36. The maximum Gasteiger partial charge on any atom is 0.240 e. The van der Waals surface area contributed by atoms with Gasteiger partial charge in [0.2, 0.25) is 5.91 Å². The second-order valence-corrected chi connectivity index (χ2v) is 4.53. The van der Waals surface area contributed by atoms with Gasteiger partial charge in [-0.3, -0.25) is 4.79 Å². The first-order chi connectivity index (χ1) is 8.58. The molecule has 1 amide bonds. The lowest BCUT2D eigenvalue weighted by Gasteiger charge is -2.24. The van der Waals surface area contributed by atoms with Crippen molar-refractivity contribution in [2.75, 3.05) is 24.6 Å². The van der Waals surface area contributed by atoms with E-state index < -0.39 is 0 Å². The van der Waals surface area contributed by atoms with Crippen molar-refractivity contribution in [3.8, 4) is 5.75 Å². The Hall–Kier alpha value is -1.55. The van der Waals surface area contributed by atoms with Gasteiger partial charge in [-0.15, -0.1) is 0 Å². The smallest absolute Gasteiger partial charge is 0.240 e. The Balaban J connectivity index is 2.87. The van der Waals surface area contributed by atoms with Gasteiger partial charge >= 0.3 is 0 Å². The molecule has 0 unspecified atom stereocenters. The minimum atomic E-state index is -0.0622. The van der Waals surface area contributed by atoms with Crippen LogP contribution in [0.2, 0.25) is 0 Å². The van der Waals surface area contributed by atoms with Crippen molar-refractivity contribution < 1.29 is 9.53 Å². The quantitative estimate of drug-likeness (QED) is 0.840. The molecule has 0 spiro atoms. The molecule has 0 aliphatic rings. The number of carbonyl (C=O) groups is 1. The summed E-state index contributed by atoms with van der Waals surface area (Å²) in [4.78, 5) is 13.6. The summed E-state index contributed by atoms with van der Waals surface area (Å²) in [5.74, 6) is 1.14. The van der Waals surface area contributed by atoms with Gasteiger partial charge in [0.25, 0.3) is 0 Å². The van der Waals surface area contributed by atoms with Gasteiger partial charge in [0.1, 0.15) is 5.75 Å². The summed E-state index contributed by atoms with van der Waals surface area (Å²) in [5.41, 5.74) is 6.31. The molecular weight excluding hydrogens is 228 g/mol. The van der Waals surface area contributed by atoms with Crippen molar-refractivity contribution in [2.24, 2.45) is 11.7 Å². The molecule has 1 aromatic rings. The second-order valence-electron chi connectivity index (χ2n) is 4.53. The van der Waals surface area contributed by atoms with E-state index >= 15 is 0 Å². The third-order valence-electron chi connectivity index (χ3n) is 2.48. The molecule has 18 heavy (non-hydrogen) atoms. The third-order valence-corrected chi connectivity index (χ3v) is 2.48. The molecule has 0 fully saturated rings. The molecule has 1 aromatic carbocycles. The van der Waals surface area contributed by atoms with Crippen LogP contribution in [-0.2, 0) is 4.79 Å². The number of nitrogens with zero attached hydrogens (tertiary/aromatic N) is 1. The number of benzene rings is 1. The highest BCUT2D eigenvalue weighted by molar-refractivity contribution is 5.94. The van der Waals surface area contributed by atoms with E-state index in [1.165, 1.54) is 0 Å². The first-order valence-corrected chi connectivity index (χ1v) is 6.31. The van der Waals surface area contributed by atoms with E-state index in [0.29, 0.717) is 19.1 Å². The van der Waals surface area contributed by atoms with Gasteiger partial charge in [0, 0.05) is 12.2 Å². The van der Waals surface area contributed by atoms with E-state index in [4.69, 9.17) is 10.5 Å². The number of anilines is 1. The summed E-state index contributed by atoms with van der Waals surface area (Å²) in [6.07, 6.45) is 0. The summed E-state index contributed by atoms with van der Waals surface area (Å²) in [6, 6.07) is 7.52. The van der Waals surface area contributed by atoms with Crippen molar-refractivity contribution in [1.82, 2.24) is 0 Å². The fourth-order valence-electron chi connectivity index (χ4n) is 1.72. The lowest BCUT2D eigenvalue weighted by Crippen LogP contribution is -2.38. The van der Waals surface area contributed by atoms with E-state index in [1.54, 1.807) is 4.90 Å². The highest BCUT2D eigenvalue weighted by Gasteiger charge is 2.15.